The Morgan fingerprint density at radius 3 is 2.24 bits per heavy atom. The number of nitrogens with zero attached hydrogens (tertiary/aromatic N) is 1. The molecule has 2 nitrogen and oxygen atoms in total. The van der Waals surface area contributed by atoms with E-state index in [4.69, 9.17) is 0 Å². The van der Waals surface area contributed by atoms with Crippen molar-refractivity contribution in [3.05, 3.63) is 35.9 Å². The van der Waals surface area contributed by atoms with E-state index in [1.54, 1.807) is 0 Å². The third-order valence-corrected chi connectivity index (χ3v) is 5.61. The Labute approximate surface area is 130 Å². The van der Waals surface area contributed by atoms with Gasteiger partial charge in [-0.3, -0.25) is 0 Å². The summed E-state index contributed by atoms with van der Waals surface area (Å²) in [6.45, 7) is 7.97. The smallest absolute Gasteiger partial charge is 0.0354 e. The predicted molar refractivity (Wildman–Crippen MR) is 91.8 cm³/mol. The summed E-state index contributed by atoms with van der Waals surface area (Å²) >= 11 is 0. The molecule has 0 radical (unpaired) electrons. The van der Waals surface area contributed by atoms with Crippen LogP contribution in [0.25, 0.3) is 0 Å². The molecular formula is C19H32N2. The average molecular weight is 288 g/mol. The SMILES string of the molecule is CCNC(C1CC1c1ccccc1)C(CC)(CC)N(C)C. The fraction of sp³-hybridized carbons (Fsp3) is 0.684. The summed E-state index contributed by atoms with van der Waals surface area (Å²) in [6, 6.07) is 11.6. The summed E-state index contributed by atoms with van der Waals surface area (Å²) in [5.41, 5.74) is 1.79. The predicted octanol–water partition coefficient (Wildman–Crippen LogP) is 3.89. The van der Waals surface area contributed by atoms with Gasteiger partial charge in [-0.2, -0.15) is 0 Å². The molecule has 3 atom stereocenters. The van der Waals surface area contributed by atoms with Crippen molar-refractivity contribution in [3.63, 3.8) is 0 Å². The van der Waals surface area contributed by atoms with E-state index in [1.165, 1.54) is 24.8 Å². The number of hydrogen-bond donors (Lipinski definition) is 1. The standard InChI is InChI=1S/C19H32N2/c1-6-19(7-2,21(4)5)18(20-8-3)17-14-16(17)15-12-10-9-11-13-15/h9-13,16-18,20H,6-8,14H2,1-5H3. The third-order valence-electron chi connectivity index (χ3n) is 5.61. The highest BCUT2D eigenvalue weighted by molar-refractivity contribution is 5.28. The monoisotopic (exact) mass is 288 g/mol. The van der Waals surface area contributed by atoms with Gasteiger partial charge in [0.2, 0.25) is 0 Å². The quantitative estimate of drug-likeness (QED) is 0.781. The first-order valence-corrected chi connectivity index (χ1v) is 8.56. The molecule has 1 aliphatic rings. The van der Waals surface area contributed by atoms with Gasteiger partial charge in [-0.15, -0.1) is 0 Å². The lowest BCUT2D eigenvalue weighted by atomic mass is 9.79. The highest BCUT2D eigenvalue weighted by Gasteiger charge is 2.51. The van der Waals surface area contributed by atoms with Crippen LogP contribution >= 0.6 is 0 Å². The normalized spacial score (nSPS) is 23.3. The van der Waals surface area contributed by atoms with Crippen LogP contribution in [0.1, 0.15) is 51.5 Å². The molecule has 1 aromatic carbocycles. The Morgan fingerprint density at radius 2 is 1.76 bits per heavy atom. The first kappa shape index (κ1) is 16.5. The molecule has 0 aromatic heterocycles. The highest BCUT2D eigenvalue weighted by atomic mass is 15.2. The van der Waals surface area contributed by atoms with E-state index in [1.807, 2.05) is 0 Å². The van der Waals surface area contributed by atoms with Gasteiger partial charge in [0.15, 0.2) is 0 Å². The first-order valence-electron chi connectivity index (χ1n) is 8.56. The topological polar surface area (TPSA) is 15.3 Å². The second kappa shape index (κ2) is 6.93. The maximum absolute atomic E-state index is 3.83. The van der Waals surface area contributed by atoms with Crippen molar-refractivity contribution >= 4 is 0 Å². The molecule has 1 aromatic rings. The van der Waals surface area contributed by atoms with E-state index >= 15 is 0 Å². The molecule has 0 heterocycles. The van der Waals surface area contributed by atoms with Crippen molar-refractivity contribution < 1.29 is 0 Å². The minimum Gasteiger partial charge on any atom is -0.312 e. The van der Waals surface area contributed by atoms with Gasteiger partial charge >= 0.3 is 0 Å². The molecular weight excluding hydrogens is 256 g/mol. The lowest BCUT2D eigenvalue weighted by Crippen LogP contribution is -2.59. The van der Waals surface area contributed by atoms with Gasteiger partial charge in [-0.25, -0.2) is 0 Å². The summed E-state index contributed by atoms with van der Waals surface area (Å²) < 4.78 is 0. The highest BCUT2D eigenvalue weighted by Crippen LogP contribution is 2.53. The summed E-state index contributed by atoms with van der Waals surface area (Å²) in [4.78, 5) is 2.46. The summed E-state index contributed by atoms with van der Waals surface area (Å²) in [6.07, 6.45) is 3.73. The average Bonchev–Trinajstić information content (AvgIpc) is 3.29. The Kier molecular flexibility index (Phi) is 5.45. The largest absolute Gasteiger partial charge is 0.312 e. The van der Waals surface area contributed by atoms with Gasteiger partial charge in [0.1, 0.15) is 0 Å². The van der Waals surface area contributed by atoms with Crippen molar-refractivity contribution in [3.8, 4) is 0 Å². The molecule has 2 rings (SSSR count). The van der Waals surface area contributed by atoms with E-state index < -0.39 is 0 Å². The van der Waals surface area contributed by atoms with Crippen LogP contribution < -0.4 is 5.32 Å². The second-order valence-electron chi connectivity index (χ2n) is 6.66. The van der Waals surface area contributed by atoms with Crippen LogP contribution in [-0.2, 0) is 0 Å². The Hall–Kier alpha value is -0.860. The van der Waals surface area contributed by atoms with Crippen LogP contribution in [0.15, 0.2) is 30.3 Å². The number of rotatable bonds is 8. The molecule has 118 valence electrons. The van der Waals surface area contributed by atoms with Gasteiger partial charge < -0.3 is 10.2 Å². The molecule has 0 saturated heterocycles. The molecule has 1 fully saturated rings. The zero-order chi connectivity index (χ0) is 15.5. The fourth-order valence-corrected chi connectivity index (χ4v) is 4.23. The summed E-state index contributed by atoms with van der Waals surface area (Å²) in [5.74, 6) is 1.52. The van der Waals surface area contributed by atoms with E-state index in [0.29, 0.717) is 6.04 Å². The van der Waals surface area contributed by atoms with Crippen LogP contribution in [0.2, 0.25) is 0 Å². The molecule has 1 aliphatic carbocycles. The van der Waals surface area contributed by atoms with Gasteiger partial charge in [-0.1, -0.05) is 51.1 Å². The molecule has 0 bridgehead atoms. The molecule has 3 unspecified atom stereocenters. The maximum atomic E-state index is 3.83. The van der Waals surface area contributed by atoms with Crippen LogP contribution in [-0.4, -0.2) is 37.1 Å². The van der Waals surface area contributed by atoms with Crippen LogP contribution in [0.3, 0.4) is 0 Å². The molecule has 21 heavy (non-hydrogen) atoms. The minimum atomic E-state index is 0.268. The van der Waals surface area contributed by atoms with E-state index in [-0.39, 0.29) is 5.54 Å². The van der Waals surface area contributed by atoms with Crippen LogP contribution in [0.5, 0.6) is 0 Å². The Morgan fingerprint density at radius 1 is 1.14 bits per heavy atom. The molecule has 0 amide bonds. The van der Waals surface area contributed by atoms with Crippen molar-refractivity contribution in [2.45, 2.75) is 57.5 Å². The Balaban J connectivity index is 2.20. The van der Waals surface area contributed by atoms with Gasteiger partial charge in [0.25, 0.3) is 0 Å². The van der Waals surface area contributed by atoms with E-state index in [0.717, 1.165) is 18.4 Å². The maximum Gasteiger partial charge on any atom is 0.0354 e. The fourth-order valence-electron chi connectivity index (χ4n) is 4.23. The van der Waals surface area contributed by atoms with Crippen molar-refractivity contribution in [2.75, 3.05) is 20.6 Å². The number of nitrogens with one attached hydrogen (secondary N) is 1. The molecule has 1 saturated carbocycles. The van der Waals surface area contributed by atoms with E-state index in [9.17, 15) is 0 Å². The van der Waals surface area contributed by atoms with Gasteiger partial charge in [-0.05, 0) is 57.3 Å². The van der Waals surface area contributed by atoms with Gasteiger partial charge in [0.05, 0.1) is 0 Å². The summed E-state index contributed by atoms with van der Waals surface area (Å²) in [7, 11) is 4.49. The summed E-state index contributed by atoms with van der Waals surface area (Å²) in [5, 5.41) is 3.83. The lowest BCUT2D eigenvalue weighted by Gasteiger charge is -2.46. The van der Waals surface area contributed by atoms with E-state index in [2.05, 4.69) is 75.4 Å². The van der Waals surface area contributed by atoms with Crippen LogP contribution in [0.4, 0.5) is 0 Å². The minimum absolute atomic E-state index is 0.268. The molecule has 0 spiro atoms. The Bertz CT molecular complexity index is 422. The van der Waals surface area contributed by atoms with Crippen molar-refractivity contribution in [1.82, 2.24) is 10.2 Å². The van der Waals surface area contributed by atoms with Gasteiger partial charge in [0, 0.05) is 11.6 Å². The number of benzene rings is 1. The molecule has 2 heteroatoms. The number of likely N-dealkylation sites (N-methyl/N-ethyl adjacent to an activating group) is 2. The first-order chi connectivity index (χ1) is 10.1. The lowest BCUT2D eigenvalue weighted by molar-refractivity contribution is 0.0779. The number of hydrogen-bond acceptors (Lipinski definition) is 2. The van der Waals surface area contributed by atoms with Crippen molar-refractivity contribution in [1.29, 1.82) is 0 Å². The zero-order valence-corrected chi connectivity index (χ0v) is 14.4. The van der Waals surface area contributed by atoms with Crippen LogP contribution in [0, 0.1) is 5.92 Å². The van der Waals surface area contributed by atoms with Crippen molar-refractivity contribution in [2.24, 2.45) is 5.92 Å². The zero-order valence-electron chi connectivity index (χ0n) is 14.4. The molecule has 0 aliphatic heterocycles. The molecule has 1 N–H and O–H groups in total. The third kappa shape index (κ3) is 3.17. The second-order valence-corrected chi connectivity index (χ2v) is 6.66.